The number of hydrogen-bond donors (Lipinski definition) is 0. The first-order valence-corrected chi connectivity index (χ1v) is 7.12. The van der Waals surface area contributed by atoms with E-state index in [1.165, 1.54) is 0 Å². The van der Waals surface area contributed by atoms with E-state index in [0.717, 1.165) is 11.1 Å². The molecule has 0 atom stereocenters. The summed E-state index contributed by atoms with van der Waals surface area (Å²) in [5.41, 5.74) is 1.92. The van der Waals surface area contributed by atoms with E-state index in [4.69, 9.17) is 39.5 Å². The number of thiophene rings is 1. The fourth-order valence-corrected chi connectivity index (χ4v) is 2.85. The summed E-state index contributed by atoms with van der Waals surface area (Å²) >= 11 is 19.5. The van der Waals surface area contributed by atoms with Crippen molar-refractivity contribution in [1.29, 1.82) is 0 Å². The molecule has 0 unspecified atom stereocenters. The van der Waals surface area contributed by atoms with Crippen LogP contribution >= 0.6 is 46.1 Å². The van der Waals surface area contributed by atoms with E-state index in [0.29, 0.717) is 28.3 Å². The normalized spacial score (nSPS) is 10.5. The lowest BCUT2D eigenvalue weighted by Gasteiger charge is -2.11. The minimum absolute atomic E-state index is 0.319. The Bertz CT molecular complexity index is 497. The van der Waals surface area contributed by atoms with Crippen LogP contribution in [0.15, 0.2) is 29.0 Å². The molecule has 0 saturated heterocycles. The van der Waals surface area contributed by atoms with Crippen molar-refractivity contribution in [1.82, 2.24) is 0 Å². The lowest BCUT2D eigenvalue weighted by atomic mass is 10.2. The average molecular weight is 308 g/mol. The molecule has 2 aromatic rings. The van der Waals surface area contributed by atoms with E-state index in [1.54, 1.807) is 23.5 Å². The maximum atomic E-state index is 6.09. The van der Waals surface area contributed by atoms with Crippen molar-refractivity contribution in [2.24, 2.45) is 0 Å². The van der Waals surface area contributed by atoms with Gasteiger partial charge in [-0.2, -0.15) is 11.3 Å². The van der Waals surface area contributed by atoms with Crippen LogP contribution in [-0.4, -0.2) is 0 Å². The van der Waals surface area contributed by atoms with Crippen LogP contribution in [0, 0.1) is 0 Å². The number of hydrogen-bond acceptors (Lipinski definition) is 2. The number of benzene rings is 1. The Kier molecular flexibility index (Phi) is 4.57. The summed E-state index contributed by atoms with van der Waals surface area (Å²) in [6.45, 7) is 0.481. The molecular weight excluding hydrogens is 299 g/mol. The molecule has 0 radical (unpaired) electrons. The Morgan fingerprint density at radius 3 is 2.71 bits per heavy atom. The van der Waals surface area contributed by atoms with Gasteiger partial charge in [-0.25, -0.2) is 0 Å². The van der Waals surface area contributed by atoms with Gasteiger partial charge >= 0.3 is 0 Å². The lowest BCUT2D eigenvalue weighted by molar-refractivity contribution is 0.304. The fraction of sp³-hybridized carbons (Fsp3) is 0.167. The molecule has 17 heavy (non-hydrogen) atoms. The number of ether oxygens (including phenoxy) is 1. The van der Waals surface area contributed by atoms with Crippen molar-refractivity contribution >= 4 is 46.1 Å². The van der Waals surface area contributed by atoms with Crippen molar-refractivity contribution in [3.8, 4) is 5.75 Å². The Morgan fingerprint density at radius 2 is 2.06 bits per heavy atom. The number of alkyl halides is 1. The summed E-state index contributed by atoms with van der Waals surface area (Å²) in [4.78, 5) is 0. The predicted molar refractivity (Wildman–Crippen MR) is 74.7 cm³/mol. The topological polar surface area (TPSA) is 9.23 Å². The highest BCUT2D eigenvalue weighted by molar-refractivity contribution is 7.07. The smallest absolute Gasteiger partial charge is 0.142 e. The maximum absolute atomic E-state index is 6.09. The molecule has 0 spiro atoms. The molecule has 0 amide bonds. The van der Waals surface area contributed by atoms with Gasteiger partial charge in [-0.15, -0.1) is 11.6 Å². The minimum Gasteiger partial charge on any atom is -0.487 e. The highest BCUT2D eigenvalue weighted by atomic mass is 35.5. The fourth-order valence-electron chi connectivity index (χ4n) is 1.40. The molecule has 90 valence electrons. The van der Waals surface area contributed by atoms with Gasteiger partial charge < -0.3 is 4.74 Å². The SMILES string of the molecule is ClCc1cc(Cl)cc(Cl)c1OCc1ccsc1. The van der Waals surface area contributed by atoms with Crippen LogP contribution in [0.5, 0.6) is 5.75 Å². The summed E-state index contributed by atoms with van der Waals surface area (Å²) in [5, 5.41) is 5.09. The Labute approximate surface area is 119 Å². The molecule has 0 N–H and O–H groups in total. The first-order valence-electron chi connectivity index (χ1n) is 4.88. The Morgan fingerprint density at radius 1 is 1.24 bits per heavy atom. The van der Waals surface area contributed by atoms with Crippen molar-refractivity contribution in [2.45, 2.75) is 12.5 Å². The molecule has 0 fully saturated rings. The third kappa shape index (κ3) is 3.29. The highest BCUT2D eigenvalue weighted by Crippen LogP contribution is 2.34. The molecule has 0 bridgehead atoms. The van der Waals surface area contributed by atoms with Crippen LogP contribution in [-0.2, 0) is 12.5 Å². The molecule has 1 aromatic heterocycles. The highest BCUT2D eigenvalue weighted by Gasteiger charge is 2.10. The van der Waals surface area contributed by atoms with E-state index < -0.39 is 0 Å². The predicted octanol–water partition coefficient (Wildman–Crippen LogP) is 5.37. The van der Waals surface area contributed by atoms with Gasteiger partial charge in [0.25, 0.3) is 0 Å². The molecule has 0 saturated carbocycles. The zero-order valence-corrected chi connectivity index (χ0v) is 11.8. The van der Waals surface area contributed by atoms with Crippen LogP contribution in [0.3, 0.4) is 0 Å². The summed E-state index contributed by atoms with van der Waals surface area (Å²) in [6, 6.07) is 5.43. The largest absolute Gasteiger partial charge is 0.487 e. The molecule has 1 aromatic carbocycles. The van der Waals surface area contributed by atoms with E-state index in [1.807, 2.05) is 16.8 Å². The Hall–Kier alpha value is -0.410. The first-order chi connectivity index (χ1) is 8.20. The van der Waals surface area contributed by atoms with E-state index in [-0.39, 0.29) is 0 Å². The molecule has 0 aliphatic rings. The van der Waals surface area contributed by atoms with Crippen molar-refractivity contribution in [3.05, 3.63) is 50.1 Å². The van der Waals surface area contributed by atoms with Crippen molar-refractivity contribution in [2.75, 3.05) is 0 Å². The summed E-state index contributed by atoms with van der Waals surface area (Å²) < 4.78 is 5.69. The van der Waals surface area contributed by atoms with Crippen molar-refractivity contribution < 1.29 is 4.74 Å². The van der Waals surface area contributed by atoms with Gasteiger partial charge in [0.1, 0.15) is 12.4 Å². The number of rotatable bonds is 4. The van der Waals surface area contributed by atoms with E-state index in [2.05, 4.69) is 0 Å². The van der Waals surface area contributed by atoms with Crippen LogP contribution in [0.4, 0.5) is 0 Å². The van der Waals surface area contributed by atoms with Gasteiger partial charge in [-0.05, 0) is 34.5 Å². The molecule has 5 heteroatoms. The van der Waals surface area contributed by atoms with Crippen LogP contribution in [0.25, 0.3) is 0 Å². The van der Waals surface area contributed by atoms with Gasteiger partial charge in [-0.3, -0.25) is 0 Å². The maximum Gasteiger partial charge on any atom is 0.142 e. The Balaban J connectivity index is 2.19. The second-order valence-corrected chi connectivity index (χ2v) is 5.32. The molecule has 0 aliphatic heterocycles. The standard InChI is InChI=1S/C12H9Cl3OS/c13-5-9-3-10(14)4-11(15)12(9)16-6-8-1-2-17-7-8/h1-4,7H,5-6H2. The third-order valence-electron chi connectivity index (χ3n) is 2.19. The van der Waals surface area contributed by atoms with E-state index in [9.17, 15) is 0 Å². The first kappa shape index (κ1) is 13.0. The zero-order valence-electron chi connectivity index (χ0n) is 8.75. The minimum atomic E-state index is 0.319. The third-order valence-corrected chi connectivity index (χ3v) is 3.71. The van der Waals surface area contributed by atoms with Gasteiger partial charge in [0, 0.05) is 10.6 Å². The second kappa shape index (κ2) is 5.96. The van der Waals surface area contributed by atoms with Crippen molar-refractivity contribution in [3.63, 3.8) is 0 Å². The van der Waals surface area contributed by atoms with Gasteiger partial charge in [0.15, 0.2) is 0 Å². The quantitative estimate of drug-likeness (QED) is 0.690. The molecule has 1 heterocycles. The van der Waals surface area contributed by atoms with Crippen LogP contribution in [0.1, 0.15) is 11.1 Å². The molecular formula is C12H9Cl3OS. The van der Waals surface area contributed by atoms with Gasteiger partial charge in [0.05, 0.1) is 10.9 Å². The average Bonchev–Trinajstić information content (AvgIpc) is 2.79. The van der Waals surface area contributed by atoms with Crippen LogP contribution in [0.2, 0.25) is 10.0 Å². The molecule has 1 nitrogen and oxygen atoms in total. The van der Waals surface area contributed by atoms with E-state index >= 15 is 0 Å². The lowest BCUT2D eigenvalue weighted by Crippen LogP contribution is -1.97. The summed E-state index contributed by atoms with van der Waals surface area (Å²) in [6.07, 6.45) is 0. The summed E-state index contributed by atoms with van der Waals surface area (Å²) in [7, 11) is 0. The zero-order chi connectivity index (χ0) is 12.3. The van der Waals surface area contributed by atoms with Crippen LogP contribution < -0.4 is 4.74 Å². The van der Waals surface area contributed by atoms with Gasteiger partial charge in [-0.1, -0.05) is 23.2 Å². The molecule has 0 aliphatic carbocycles. The monoisotopic (exact) mass is 306 g/mol. The van der Waals surface area contributed by atoms with Gasteiger partial charge in [0.2, 0.25) is 0 Å². The molecule has 2 rings (SSSR count). The summed E-state index contributed by atoms with van der Waals surface area (Å²) in [5.74, 6) is 0.927. The number of halogens is 3. The second-order valence-electron chi connectivity index (χ2n) is 3.43.